The standard InChI is InChI=1S/C13H18N6O/c1-8(2)11-16-12(18-17-11)13(20)15-9-7-14-6-5-10(9)19(3)4/h5-8H,1-4H3,(H,15,20)(H,16,17,18). The Balaban J connectivity index is 2.19. The number of amides is 1. The van der Waals surface area contributed by atoms with E-state index in [2.05, 4.69) is 25.5 Å². The number of rotatable bonds is 4. The quantitative estimate of drug-likeness (QED) is 0.885. The van der Waals surface area contributed by atoms with Crippen molar-refractivity contribution < 1.29 is 4.79 Å². The molecule has 2 aromatic heterocycles. The van der Waals surface area contributed by atoms with Gasteiger partial charge in [0.25, 0.3) is 5.91 Å². The lowest BCUT2D eigenvalue weighted by Gasteiger charge is -2.16. The third kappa shape index (κ3) is 2.93. The van der Waals surface area contributed by atoms with Gasteiger partial charge in [0.05, 0.1) is 17.6 Å². The molecule has 0 unspecified atom stereocenters. The van der Waals surface area contributed by atoms with Gasteiger partial charge < -0.3 is 10.2 Å². The van der Waals surface area contributed by atoms with Gasteiger partial charge in [-0.2, -0.15) is 0 Å². The molecule has 1 amide bonds. The van der Waals surface area contributed by atoms with E-state index >= 15 is 0 Å². The van der Waals surface area contributed by atoms with Crippen LogP contribution < -0.4 is 10.2 Å². The van der Waals surface area contributed by atoms with Gasteiger partial charge in [0.1, 0.15) is 5.82 Å². The molecule has 0 atom stereocenters. The van der Waals surface area contributed by atoms with Crippen LogP contribution in [0.4, 0.5) is 11.4 Å². The Bertz CT molecular complexity index is 604. The third-order valence-corrected chi connectivity index (χ3v) is 2.78. The highest BCUT2D eigenvalue weighted by molar-refractivity contribution is 6.03. The largest absolute Gasteiger partial charge is 0.376 e. The molecule has 0 saturated carbocycles. The molecule has 0 fully saturated rings. The molecule has 2 N–H and O–H groups in total. The van der Waals surface area contributed by atoms with Gasteiger partial charge in [-0.05, 0) is 6.07 Å². The van der Waals surface area contributed by atoms with Crippen LogP contribution in [0, 0.1) is 0 Å². The van der Waals surface area contributed by atoms with Crippen molar-refractivity contribution in [2.24, 2.45) is 0 Å². The van der Waals surface area contributed by atoms with Gasteiger partial charge in [-0.1, -0.05) is 13.8 Å². The molecule has 2 rings (SSSR count). The molecular weight excluding hydrogens is 256 g/mol. The molecule has 0 aliphatic rings. The van der Waals surface area contributed by atoms with E-state index in [9.17, 15) is 4.79 Å². The summed E-state index contributed by atoms with van der Waals surface area (Å²) in [6.07, 6.45) is 3.28. The predicted octanol–water partition coefficient (Wildman–Crippen LogP) is 1.64. The molecule has 20 heavy (non-hydrogen) atoms. The van der Waals surface area contributed by atoms with Crippen molar-refractivity contribution in [3.63, 3.8) is 0 Å². The number of aromatic amines is 1. The minimum Gasteiger partial charge on any atom is -0.376 e. The number of pyridine rings is 1. The van der Waals surface area contributed by atoms with Crippen LogP contribution in [0.1, 0.15) is 36.2 Å². The van der Waals surface area contributed by atoms with Gasteiger partial charge in [-0.15, -0.1) is 5.10 Å². The lowest BCUT2D eigenvalue weighted by Crippen LogP contribution is -2.18. The first-order valence-corrected chi connectivity index (χ1v) is 6.34. The predicted molar refractivity (Wildman–Crippen MR) is 77.0 cm³/mol. The molecule has 0 aromatic carbocycles. The molecule has 0 aliphatic heterocycles. The molecule has 7 heteroatoms. The lowest BCUT2D eigenvalue weighted by atomic mass is 10.2. The number of carbonyl (C=O) groups is 1. The Morgan fingerprint density at radius 1 is 1.40 bits per heavy atom. The minimum absolute atomic E-state index is 0.127. The van der Waals surface area contributed by atoms with E-state index in [1.807, 2.05) is 38.9 Å². The van der Waals surface area contributed by atoms with Crippen molar-refractivity contribution in [2.75, 3.05) is 24.3 Å². The van der Waals surface area contributed by atoms with Crippen LogP contribution in [0.3, 0.4) is 0 Å². The molecular formula is C13H18N6O. The fourth-order valence-corrected chi connectivity index (χ4v) is 1.69. The summed E-state index contributed by atoms with van der Waals surface area (Å²) >= 11 is 0. The van der Waals surface area contributed by atoms with Crippen LogP contribution >= 0.6 is 0 Å². The third-order valence-electron chi connectivity index (χ3n) is 2.78. The average Bonchev–Trinajstić information content (AvgIpc) is 2.89. The van der Waals surface area contributed by atoms with Crippen LogP contribution in [-0.2, 0) is 0 Å². The topological polar surface area (TPSA) is 86.8 Å². The summed E-state index contributed by atoms with van der Waals surface area (Å²) in [6.45, 7) is 3.96. The van der Waals surface area contributed by atoms with Crippen LogP contribution in [0.15, 0.2) is 18.5 Å². The summed E-state index contributed by atoms with van der Waals surface area (Å²) in [5, 5.41) is 9.46. The number of nitrogens with one attached hydrogen (secondary N) is 2. The van der Waals surface area contributed by atoms with E-state index in [-0.39, 0.29) is 17.6 Å². The van der Waals surface area contributed by atoms with Crippen molar-refractivity contribution in [1.29, 1.82) is 0 Å². The highest BCUT2D eigenvalue weighted by atomic mass is 16.2. The number of hydrogen-bond acceptors (Lipinski definition) is 5. The SMILES string of the molecule is CC(C)c1nc(C(=O)Nc2cnccc2N(C)C)n[nH]1. The number of anilines is 2. The molecule has 0 saturated heterocycles. The smallest absolute Gasteiger partial charge is 0.295 e. The maximum atomic E-state index is 12.1. The Morgan fingerprint density at radius 3 is 2.75 bits per heavy atom. The summed E-state index contributed by atoms with van der Waals surface area (Å²) in [7, 11) is 3.79. The maximum Gasteiger partial charge on any atom is 0.295 e. The highest BCUT2D eigenvalue weighted by Gasteiger charge is 2.16. The normalized spacial score (nSPS) is 10.7. The van der Waals surface area contributed by atoms with Crippen LogP contribution in [0.25, 0.3) is 0 Å². The lowest BCUT2D eigenvalue weighted by molar-refractivity contribution is 0.101. The van der Waals surface area contributed by atoms with Crippen LogP contribution in [-0.4, -0.2) is 40.2 Å². The minimum atomic E-state index is -0.357. The van der Waals surface area contributed by atoms with E-state index in [4.69, 9.17) is 0 Å². The molecule has 0 spiro atoms. The number of H-pyrrole nitrogens is 1. The molecule has 7 nitrogen and oxygen atoms in total. The number of carbonyl (C=O) groups excluding carboxylic acids is 1. The van der Waals surface area contributed by atoms with Gasteiger partial charge >= 0.3 is 0 Å². The fourth-order valence-electron chi connectivity index (χ4n) is 1.69. The second kappa shape index (κ2) is 5.68. The number of hydrogen-bond donors (Lipinski definition) is 2. The van der Waals surface area contributed by atoms with Crippen molar-refractivity contribution in [3.8, 4) is 0 Å². The second-order valence-electron chi connectivity index (χ2n) is 4.94. The number of nitrogens with zero attached hydrogens (tertiary/aromatic N) is 4. The molecule has 106 valence electrons. The summed E-state index contributed by atoms with van der Waals surface area (Å²) in [5.74, 6) is 0.653. The first kappa shape index (κ1) is 14.0. The number of aromatic nitrogens is 4. The van der Waals surface area contributed by atoms with E-state index < -0.39 is 0 Å². The zero-order valence-corrected chi connectivity index (χ0v) is 12.0. The van der Waals surface area contributed by atoms with E-state index in [0.717, 1.165) is 5.69 Å². The summed E-state index contributed by atoms with van der Waals surface area (Å²) in [4.78, 5) is 22.2. The van der Waals surface area contributed by atoms with E-state index in [0.29, 0.717) is 11.5 Å². The first-order chi connectivity index (χ1) is 9.49. The maximum absolute atomic E-state index is 12.1. The summed E-state index contributed by atoms with van der Waals surface area (Å²) in [5.41, 5.74) is 1.49. The van der Waals surface area contributed by atoms with Crippen molar-refractivity contribution >= 4 is 17.3 Å². The monoisotopic (exact) mass is 274 g/mol. The second-order valence-corrected chi connectivity index (χ2v) is 4.94. The summed E-state index contributed by atoms with van der Waals surface area (Å²) in [6, 6.07) is 1.83. The van der Waals surface area contributed by atoms with Crippen molar-refractivity contribution in [3.05, 3.63) is 30.1 Å². The summed E-state index contributed by atoms with van der Waals surface area (Å²) < 4.78 is 0. The molecule has 0 radical (unpaired) electrons. The Hall–Kier alpha value is -2.44. The Morgan fingerprint density at radius 2 is 2.15 bits per heavy atom. The van der Waals surface area contributed by atoms with E-state index in [1.165, 1.54) is 0 Å². The van der Waals surface area contributed by atoms with Crippen LogP contribution in [0.5, 0.6) is 0 Å². The van der Waals surface area contributed by atoms with Gasteiger partial charge in [-0.3, -0.25) is 14.9 Å². The van der Waals surface area contributed by atoms with Gasteiger partial charge in [0.2, 0.25) is 5.82 Å². The molecule has 0 aliphatic carbocycles. The van der Waals surface area contributed by atoms with Gasteiger partial charge in [0, 0.05) is 26.2 Å². The molecule has 2 heterocycles. The van der Waals surface area contributed by atoms with Gasteiger partial charge in [-0.25, -0.2) is 4.98 Å². The van der Waals surface area contributed by atoms with Gasteiger partial charge in [0.15, 0.2) is 0 Å². The zero-order chi connectivity index (χ0) is 14.7. The van der Waals surface area contributed by atoms with Crippen molar-refractivity contribution in [2.45, 2.75) is 19.8 Å². The zero-order valence-electron chi connectivity index (χ0n) is 12.0. The van der Waals surface area contributed by atoms with Crippen LogP contribution in [0.2, 0.25) is 0 Å². The fraction of sp³-hybridized carbons (Fsp3) is 0.385. The van der Waals surface area contributed by atoms with Crippen molar-refractivity contribution in [1.82, 2.24) is 20.2 Å². The molecule has 2 aromatic rings. The Labute approximate surface area is 117 Å². The first-order valence-electron chi connectivity index (χ1n) is 6.34. The van der Waals surface area contributed by atoms with E-state index in [1.54, 1.807) is 12.4 Å². The average molecular weight is 274 g/mol. The molecule has 0 bridgehead atoms. The highest BCUT2D eigenvalue weighted by Crippen LogP contribution is 2.22. The Kier molecular flexibility index (Phi) is 3.97.